The van der Waals surface area contributed by atoms with Crippen molar-refractivity contribution < 1.29 is 15.7 Å². The van der Waals surface area contributed by atoms with Gasteiger partial charge in [-0.25, -0.2) is 4.98 Å². The number of pyridine rings is 1. The molecule has 11 rings (SSSR count). The fourth-order valence-corrected chi connectivity index (χ4v) is 9.28. The molecule has 61 heavy (non-hydrogen) atoms. The van der Waals surface area contributed by atoms with Crippen LogP contribution in [0.2, 0.25) is 0 Å². The van der Waals surface area contributed by atoms with Crippen molar-refractivity contribution in [2.75, 3.05) is 6.67 Å². The number of fused-ring (bicyclic) bond motifs is 3. The molecule has 0 unspecified atom stereocenters. The van der Waals surface area contributed by atoms with Gasteiger partial charge in [-0.15, -0.1) is 0 Å². The van der Waals surface area contributed by atoms with E-state index in [0.717, 1.165) is 50.1 Å². The second-order valence-electron chi connectivity index (χ2n) is 19.9. The van der Waals surface area contributed by atoms with Gasteiger partial charge in [0.25, 0.3) is 0 Å². The molecule has 0 amide bonds. The van der Waals surface area contributed by atoms with Crippen molar-refractivity contribution in [3.8, 4) is 28.4 Å². The first-order valence-electron chi connectivity index (χ1n) is 25.1. The maximum absolute atomic E-state index is 8.74. The van der Waals surface area contributed by atoms with Crippen LogP contribution in [0.15, 0.2) is 146 Å². The zero-order chi connectivity index (χ0) is 49.5. The van der Waals surface area contributed by atoms with Gasteiger partial charge >= 0.3 is 0 Å². The predicted octanol–water partition coefficient (Wildman–Crippen LogP) is 15.2. The van der Waals surface area contributed by atoms with E-state index in [0.29, 0.717) is 44.1 Å². The summed E-state index contributed by atoms with van der Waals surface area (Å²) >= 11 is 0. The standard InChI is InChI=1S/C56H57N4O/c1-37-16-14-21-51-53(37)60(44-30-41(55(5,6)7)29-42(31-44)56(8,9)10)35-59(51,36-60)43-19-15-20-45(33-43)61-46-23-24-47-48-28-39(38-17-12-11-13-18-38)22-25-49(48)58(50(47)34-46)52-32-40(26-27-57-52)54(2,3)4/h11-35H,36H2,1-10H3/q+1/t59-,60+/m1/s1/i1D3,11D,12D,13D,17D,18D. The summed E-state index contributed by atoms with van der Waals surface area (Å²) in [7, 11) is 0. The van der Waals surface area contributed by atoms with Crippen LogP contribution in [0.3, 0.4) is 0 Å². The van der Waals surface area contributed by atoms with E-state index >= 15 is 0 Å². The Hall–Kier alpha value is -6.01. The lowest BCUT2D eigenvalue weighted by Gasteiger charge is -2.56. The molecule has 2 aromatic heterocycles. The molecule has 8 aromatic rings. The van der Waals surface area contributed by atoms with Crippen LogP contribution in [0.25, 0.3) is 38.8 Å². The van der Waals surface area contributed by atoms with Gasteiger partial charge in [0.1, 0.15) is 28.7 Å². The van der Waals surface area contributed by atoms with Crippen molar-refractivity contribution in [3.05, 3.63) is 175 Å². The van der Waals surface area contributed by atoms with E-state index in [4.69, 9.17) is 20.7 Å². The van der Waals surface area contributed by atoms with Gasteiger partial charge in [0.2, 0.25) is 0 Å². The summed E-state index contributed by atoms with van der Waals surface area (Å²) < 4.78 is 78.1. The highest BCUT2D eigenvalue weighted by Gasteiger charge is 2.63. The number of quaternary nitrogens is 2. The molecule has 0 spiro atoms. The molecule has 3 aliphatic heterocycles. The molecule has 2 bridgehead atoms. The third-order valence-electron chi connectivity index (χ3n) is 12.7. The van der Waals surface area contributed by atoms with Crippen molar-refractivity contribution in [3.63, 3.8) is 0 Å². The fraction of sp³-hybridized carbons (Fsp3) is 0.250. The van der Waals surface area contributed by atoms with E-state index in [1.165, 1.54) is 11.1 Å². The summed E-state index contributed by atoms with van der Waals surface area (Å²) in [5.41, 5.74) is 9.46. The molecule has 1 saturated heterocycles. The van der Waals surface area contributed by atoms with E-state index in [1.807, 2.05) is 66.9 Å². The molecule has 306 valence electrons. The van der Waals surface area contributed by atoms with Gasteiger partial charge < -0.3 is 4.74 Å². The molecule has 0 aliphatic carbocycles. The van der Waals surface area contributed by atoms with Crippen LogP contribution in [-0.2, 0) is 16.2 Å². The second-order valence-corrected chi connectivity index (χ2v) is 19.9. The largest absolute Gasteiger partial charge is 0.457 e. The summed E-state index contributed by atoms with van der Waals surface area (Å²) in [6.07, 6.45) is 1.82. The fourth-order valence-electron chi connectivity index (χ4n) is 9.28. The minimum atomic E-state index is -2.33. The zero-order valence-corrected chi connectivity index (χ0v) is 36.5. The summed E-state index contributed by atoms with van der Waals surface area (Å²) in [6.45, 7) is 20.3. The number of aromatic nitrogens is 2. The van der Waals surface area contributed by atoms with Crippen LogP contribution in [-0.4, -0.2) is 16.2 Å². The highest BCUT2D eigenvalue weighted by atomic mass is 16.5. The van der Waals surface area contributed by atoms with Gasteiger partial charge in [-0.05, 0) is 99.4 Å². The molecule has 0 saturated carbocycles. The Bertz CT molecular complexity index is 3380. The van der Waals surface area contributed by atoms with Crippen LogP contribution in [0, 0.1) is 13.5 Å². The quantitative estimate of drug-likeness (QED) is 0.124. The van der Waals surface area contributed by atoms with Crippen molar-refractivity contribution in [2.24, 2.45) is 0 Å². The van der Waals surface area contributed by atoms with Gasteiger partial charge in [0.15, 0.2) is 18.0 Å². The number of nitrogens with zero attached hydrogens (tertiary/aromatic N) is 4. The molecule has 3 aliphatic rings. The first-order chi connectivity index (χ1) is 32.2. The summed E-state index contributed by atoms with van der Waals surface area (Å²) in [6, 6.07) is 34.5. The number of ether oxygens (including phenoxy) is 1. The molecule has 0 N–H and O–H groups in total. The number of aryl methyl sites for hydroxylation is 1. The average Bonchev–Trinajstić information content (AvgIpc) is 3.87. The van der Waals surface area contributed by atoms with Crippen LogP contribution in [0.5, 0.6) is 11.5 Å². The molecule has 5 heteroatoms. The van der Waals surface area contributed by atoms with Crippen LogP contribution >= 0.6 is 0 Å². The average molecular weight is 810 g/mol. The molecule has 1 fully saturated rings. The Kier molecular flexibility index (Phi) is 6.84. The van der Waals surface area contributed by atoms with Crippen molar-refractivity contribution in [2.45, 2.75) is 85.4 Å². The zero-order valence-electron chi connectivity index (χ0n) is 44.5. The van der Waals surface area contributed by atoms with E-state index in [9.17, 15) is 0 Å². The van der Waals surface area contributed by atoms with Crippen molar-refractivity contribution >= 4 is 44.6 Å². The summed E-state index contributed by atoms with van der Waals surface area (Å²) in [4.78, 5) is 4.87. The van der Waals surface area contributed by atoms with Gasteiger partial charge in [-0.2, -0.15) is 0 Å². The monoisotopic (exact) mass is 810 g/mol. The number of hydrogen-bond donors (Lipinski definition) is 0. The summed E-state index contributed by atoms with van der Waals surface area (Å²) in [5, 5.41) is 1.69. The Morgan fingerprint density at radius 2 is 1.33 bits per heavy atom. The highest BCUT2D eigenvalue weighted by Crippen LogP contribution is 2.66. The van der Waals surface area contributed by atoms with E-state index in [2.05, 4.69) is 110 Å². The number of hydrogen-bond acceptors (Lipinski definition) is 2. The molecule has 0 radical (unpaired) electrons. The third kappa shape index (κ3) is 6.32. The highest BCUT2D eigenvalue weighted by molar-refractivity contribution is 6.10. The lowest BCUT2D eigenvalue weighted by atomic mass is 9.80. The lowest BCUT2D eigenvalue weighted by molar-refractivity contribution is 0.186. The Labute approximate surface area is 372 Å². The third-order valence-corrected chi connectivity index (χ3v) is 12.7. The van der Waals surface area contributed by atoms with E-state index in [-0.39, 0.29) is 46.0 Å². The van der Waals surface area contributed by atoms with Crippen LogP contribution in [0.1, 0.15) is 95.5 Å². The molecular formula is C56H57N4O+. The first-order valence-corrected chi connectivity index (χ1v) is 21.1. The van der Waals surface area contributed by atoms with Crippen molar-refractivity contribution in [1.82, 2.24) is 18.5 Å². The number of benzene rings is 6. The Morgan fingerprint density at radius 3 is 2.03 bits per heavy atom. The molecule has 5 nitrogen and oxygen atoms in total. The number of para-hydroxylation sites is 1. The van der Waals surface area contributed by atoms with Crippen molar-refractivity contribution in [1.29, 1.82) is 0 Å². The Morgan fingerprint density at radius 1 is 0.623 bits per heavy atom. The smallest absolute Gasteiger partial charge is 0.186 e. The normalized spacial score (nSPS) is 20.7. The number of rotatable bonds is 6. The van der Waals surface area contributed by atoms with Gasteiger partial charge in [0, 0.05) is 57.0 Å². The molecule has 5 heterocycles. The topological polar surface area (TPSA) is 27.1 Å². The lowest BCUT2D eigenvalue weighted by Crippen LogP contribution is -2.67. The Balaban J connectivity index is 1.09. The molecule has 2 atom stereocenters. The van der Waals surface area contributed by atoms with Gasteiger partial charge in [0.05, 0.1) is 24.6 Å². The van der Waals surface area contributed by atoms with Crippen LogP contribution < -0.4 is 13.7 Å². The van der Waals surface area contributed by atoms with Gasteiger partial charge in [-0.3, -0.25) is 13.5 Å². The minimum absolute atomic E-state index is 0.135. The second kappa shape index (κ2) is 13.5. The van der Waals surface area contributed by atoms with Gasteiger partial charge in [-0.1, -0.05) is 123 Å². The maximum atomic E-state index is 8.74. The molecular weight excluding hydrogens is 745 g/mol. The van der Waals surface area contributed by atoms with Crippen LogP contribution in [0.4, 0.5) is 22.7 Å². The maximum Gasteiger partial charge on any atom is 0.186 e. The van der Waals surface area contributed by atoms with E-state index < -0.39 is 12.9 Å². The first kappa shape index (κ1) is 30.9. The minimum Gasteiger partial charge on any atom is -0.457 e. The summed E-state index contributed by atoms with van der Waals surface area (Å²) in [5.74, 6) is 1.90. The van der Waals surface area contributed by atoms with E-state index in [1.54, 1.807) is 12.1 Å². The predicted molar refractivity (Wildman–Crippen MR) is 256 cm³/mol. The SMILES string of the molecule is [2H]c1c([2H])c([2H])c(-c2ccc3c(c2)c2ccc(Oc4cccc([N@@+]56[CH-][N@@+](c7cc(C(C)(C)C)cc(C(C)(C)C)c7)(C5)c5c(C([2H])([2H])[2H])cccc56)c4)cc2n3-c2cc(C(C)(C)C)ccn2)c([2H])c1[2H]. The molecule has 6 aromatic carbocycles.